The van der Waals surface area contributed by atoms with Crippen molar-refractivity contribution in [2.45, 2.75) is 48.7 Å². The van der Waals surface area contributed by atoms with Crippen LogP contribution in [0, 0.1) is 5.41 Å². The largest absolute Gasteiger partial charge is 0.467 e. The number of ether oxygens (including phenoxy) is 2. The Morgan fingerprint density at radius 1 is 1.41 bits per heavy atom. The van der Waals surface area contributed by atoms with E-state index in [1.165, 1.54) is 7.11 Å². The second-order valence-corrected chi connectivity index (χ2v) is 8.77. The number of anilines is 1. The molecule has 0 amide bonds. The number of benzene rings is 1. The quantitative estimate of drug-likeness (QED) is 0.577. The first-order valence-electron chi connectivity index (χ1n) is 9.73. The molecule has 4 aliphatic heterocycles. The Kier molecular flexibility index (Phi) is 2.72. The highest BCUT2D eigenvalue weighted by Gasteiger charge is 2.86. The van der Waals surface area contributed by atoms with Crippen LogP contribution in [0.3, 0.4) is 0 Å². The van der Waals surface area contributed by atoms with E-state index in [4.69, 9.17) is 9.47 Å². The number of nitrogens with one attached hydrogen (secondary N) is 1. The van der Waals surface area contributed by atoms with Crippen molar-refractivity contribution in [3.8, 4) is 0 Å². The molecule has 1 aromatic rings. The molecule has 5 aliphatic rings. The maximum absolute atomic E-state index is 13.1. The molecule has 0 aromatic heterocycles. The summed E-state index contributed by atoms with van der Waals surface area (Å²) >= 11 is 0. The van der Waals surface area contributed by atoms with E-state index in [2.05, 4.69) is 28.4 Å². The predicted molar refractivity (Wildman–Crippen MR) is 98.2 cm³/mol. The Hall–Kier alpha value is -1.89. The van der Waals surface area contributed by atoms with Gasteiger partial charge in [-0.15, -0.1) is 0 Å². The molecule has 2 N–H and O–H groups in total. The van der Waals surface area contributed by atoms with Crippen molar-refractivity contribution in [1.82, 2.24) is 4.90 Å². The summed E-state index contributed by atoms with van der Waals surface area (Å²) in [6, 6.07) is 8.12. The first-order chi connectivity index (χ1) is 13.0. The van der Waals surface area contributed by atoms with Crippen molar-refractivity contribution in [3.63, 3.8) is 0 Å². The molecule has 3 fully saturated rings. The van der Waals surface area contributed by atoms with E-state index >= 15 is 0 Å². The first-order valence-corrected chi connectivity index (χ1v) is 9.73. The monoisotopic (exact) mass is 368 g/mol. The molecule has 6 heteroatoms. The van der Waals surface area contributed by atoms with Crippen molar-refractivity contribution in [2.24, 2.45) is 5.41 Å². The molecule has 4 heterocycles. The lowest BCUT2D eigenvalue weighted by Crippen LogP contribution is -2.77. The fourth-order valence-corrected chi connectivity index (χ4v) is 7.18. The van der Waals surface area contributed by atoms with Crippen LogP contribution in [0.5, 0.6) is 0 Å². The van der Waals surface area contributed by atoms with Gasteiger partial charge in [-0.3, -0.25) is 4.90 Å². The Balaban J connectivity index is 1.72. The normalized spacial score (nSPS) is 48.6. The minimum absolute atomic E-state index is 0.0754. The highest BCUT2D eigenvalue weighted by Crippen LogP contribution is 2.72. The van der Waals surface area contributed by atoms with Gasteiger partial charge in [0, 0.05) is 30.1 Å². The Labute approximate surface area is 158 Å². The lowest BCUT2D eigenvalue weighted by Gasteiger charge is -2.59. The van der Waals surface area contributed by atoms with Crippen molar-refractivity contribution >= 4 is 11.7 Å². The Morgan fingerprint density at radius 3 is 3.04 bits per heavy atom. The molecule has 1 aliphatic carbocycles. The molecule has 1 saturated carbocycles. The van der Waals surface area contributed by atoms with Crippen LogP contribution in [-0.4, -0.2) is 59.6 Å². The molecule has 0 radical (unpaired) electrons. The van der Waals surface area contributed by atoms with Crippen LogP contribution in [-0.2, 0) is 19.7 Å². The number of para-hydroxylation sites is 1. The third-order valence-corrected chi connectivity index (χ3v) is 8.06. The van der Waals surface area contributed by atoms with Crippen LogP contribution < -0.4 is 5.32 Å². The van der Waals surface area contributed by atoms with Gasteiger partial charge in [0.15, 0.2) is 5.72 Å². The van der Waals surface area contributed by atoms with Gasteiger partial charge in [0.2, 0.25) is 5.60 Å². The van der Waals surface area contributed by atoms with E-state index in [-0.39, 0.29) is 17.6 Å². The number of carbonyl (C=O) groups excluding carboxylic acids is 1. The van der Waals surface area contributed by atoms with E-state index in [1.54, 1.807) is 0 Å². The number of hydrogen-bond acceptors (Lipinski definition) is 6. The topological polar surface area (TPSA) is 71.0 Å². The molecular formula is C21H24N2O4. The number of rotatable bonds is 1. The van der Waals surface area contributed by atoms with Gasteiger partial charge in [-0.1, -0.05) is 30.4 Å². The number of carbonyl (C=O) groups is 1. The number of nitrogens with zero attached hydrogens (tertiary/aromatic N) is 1. The average Bonchev–Trinajstić information content (AvgIpc) is 3.28. The zero-order chi connectivity index (χ0) is 18.7. The number of esters is 1. The van der Waals surface area contributed by atoms with Gasteiger partial charge < -0.3 is 19.9 Å². The number of hydrogen-bond donors (Lipinski definition) is 2. The van der Waals surface area contributed by atoms with E-state index in [0.29, 0.717) is 6.42 Å². The van der Waals surface area contributed by atoms with Crippen molar-refractivity contribution in [3.05, 3.63) is 42.0 Å². The zero-order valence-electron chi connectivity index (χ0n) is 15.6. The van der Waals surface area contributed by atoms with Gasteiger partial charge in [0.05, 0.1) is 18.6 Å². The lowest BCUT2D eigenvalue weighted by atomic mass is 9.49. The maximum atomic E-state index is 13.1. The Bertz CT molecular complexity index is 902. The summed E-state index contributed by atoms with van der Waals surface area (Å²) in [6.45, 7) is 3.78. The second kappa shape index (κ2) is 4.57. The standard InChI is InChI=1S/C21H24N2O4/c1-13-18-8-5-10-23-11-9-19(16(18)23)14-6-3-4-7-15(14)22-21(19,25)20(12-18,27-13)17(24)26-2/h3-8,13,16,22,25H,9-12H2,1-2H3/t13-,16-,18+,19-,20-,21+/m1/s1. The van der Waals surface area contributed by atoms with Crippen LogP contribution in [0.15, 0.2) is 36.4 Å². The third kappa shape index (κ3) is 1.39. The molecule has 27 heavy (non-hydrogen) atoms. The summed E-state index contributed by atoms with van der Waals surface area (Å²) in [4.78, 5) is 15.6. The van der Waals surface area contributed by atoms with Crippen LogP contribution >= 0.6 is 0 Å². The summed E-state index contributed by atoms with van der Waals surface area (Å²) in [5.74, 6) is -0.496. The van der Waals surface area contributed by atoms with E-state index < -0.39 is 22.7 Å². The molecule has 1 aromatic carbocycles. The molecule has 142 valence electrons. The second-order valence-electron chi connectivity index (χ2n) is 8.77. The molecule has 6 nitrogen and oxygen atoms in total. The summed E-state index contributed by atoms with van der Waals surface area (Å²) in [6.07, 6.45) is 5.44. The highest BCUT2D eigenvalue weighted by atomic mass is 16.6. The molecule has 6 rings (SSSR count). The van der Waals surface area contributed by atoms with Gasteiger partial charge in [0.1, 0.15) is 0 Å². The van der Waals surface area contributed by atoms with E-state index in [1.807, 2.05) is 25.1 Å². The molecule has 6 atom stereocenters. The highest BCUT2D eigenvalue weighted by molar-refractivity contribution is 5.87. The summed E-state index contributed by atoms with van der Waals surface area (Å²) in [5, 5.41) is 15.7. The summed E-state index contributed by atoms with van der Waals surface area (Å²) in [7, 11) is 1.37. The minimum Gasteiger partial charge on any atom is -0.467 e. The molecule has 2 bridgehead atoms. The fraction of sp³-hybridized carbons (Fsp3) is 0.571. The van der Waals surface area contributed by atoms with Gasteiger partial charge in [0.25, 0.3) is 0 Å². The molecule has 2 saturated heterocycles. The SMILES string of the molecule is COC(=O)[C@]12C[C@@]3(C=CCN4CC[C@@]5(c6ccccc6N[C@@]15O)[C@H]43)[C@@H](C)O2. The van der Waals surface area contributed by atoms with Crippen molar-refractivity contribution in [2.75, 3.05) is 25.5 Å². The molecule has 0 unspecified atom stereocenters. The van der Waals surface area contributed by atoms with Crippen LogP contribution in [0.25, 0.3) is 0 Å². The third-order valence-electron chi connectivity index (χ3n) is 8.06. The smallest absolute Gasteiger partial charge is 0.343 e. The molecule has 2 spiro atoms. The van der Waals surface area contributed by atoms with Crippen LogP contribution in [0.2, 0.25) is 0 Å². The zero-order valence-corrected chi connectivity index (χ0v) is 15.6. The van der Waals surface area contributed by atoms with Crippen molar-refractivity contribution in [1.29, 1.82) is 0 Å². The maximum Gasteiger partial charge on any atom is 0.343 e. The predicted octanol–water partition coefficient (Wildman–Crippen LogP) is 1.40. The van der Waals surface area contributed by atoms with Gasteiger partial charge in [-0.05, 0) is 31.5 Å². The number of aliphatic hydroxyl groups is 1. The van der Waals surface area contributed by atoms with E-state index in [9.17, 15) is 9.90 Å². The number of methoxy groups -OCH3 is 1. The average molecular weight is 368 g/mol. The summed E-state index contributed by atoms with van der Waals surface area (Å²) in [5.41, 5.74) is -1.95. The molecular weight excluding hydrogens is 344 g/mol. The van der Waals surface area contributed by atoms with E-state index in [0.717, 1.165) is 30.8 Å². The minimum atomic E-state index is -1.55. The van der Waals surface area contributed by atoms with Crippen LogP contribution in [0.1, 0.15) is 25.3 Å². The van der Waals surface area contributed by atoms with Crippen LogP contribution in [0.4, 0.5) is 5.69 Å². The van der Waals surface area contributed by atoms with Gasteiger partial charge in [-0.2, -0.15) is 0 Å². The van der Waals surface area contributed by atoms with Gasteiger partial charge >= 0.3 is 5.97 Å². The fourth-order valence-electron chi connectivity index (χ4n) is 7.18. The first kappa shape index (κ1) is 16.1. The lowest BCUT2D eigenvalue weighted by molar-refractivity contribution is -0.216. The summed E-state index contributed by atoms with van der Waals surface area (Å²) < 4.78 is 11.6. The van der Waals surface area contributed by atoms with Crippen molar-refractivity contribution < 1.29 is 19.4 Å². The van der Waals surface area contributed by atoms with Gasteiger partial charge in [-0.25, -0.2) is 4.79 Å². The number of fused-ring (bicyclic) bond motifs is 3. The Morgan fingerprint density at radius 2 is 2.22 bits per heavy atom.